The van der Waals surface area contributed by atoms with Crippen LogP contribution in [0.3, 0.4) is 0 Å². The number of carbonyl (C=O) groups is 1. The molecule has 0 spiro atoms. The lowest BCUT2D eigenvalue weighted by atomic mass is 10.1. The molecule has 2 rings (SSSR count). The maximum absolute atomic E-state index is 14.3. The van der Waals surface area contributed by atoms with E-state index in [1.165, 1.54) is 25.4 Å². The average Bonchev–Trinajstić information content (AvgIpc) is 2.65. The third-order valence-corrected chi connectivity index (χ3v) is 5.17. The summed E-state index contributed by atoms with van der Waals surface area (Å²) in [4.78, 5) is 21.0. The van der Waals surface area contributed by atoms with E-state index in [4.69, 9.17) is 22.9 Å². The molecule has 1 aromatic heterocycles. The number of rotatable bonds is 7. The third kappa shape index (κ3) is 5.35. The van der Waals surface area contributed by atoms with Crippen molar-refractivity contribution in [3.63, 3.8) is 0 Å². The second-order valence-corrected chi connectivity index (χ2v) is 8.17. The Morgan fingerprint density at radius 1 is 1.38 bits per heavy atom. The number of benzene rings is 1. The van der Waals surface area contributed by atoms with Gasteiger partial charge in [0.25, 0.3) is 5.91 Å². The van der Waals surface area contributed by atoms with Gasteiger partial charge in [-0.05, 0) is 19.1 Å². The Morgan fingerprint density at radius 3 is 2.66 bits per heavy atom. The van der Waals surface area contributed by atoms with Crippen molar-refractivity contribution in [1.29, 1.82) is 0 Å². The minimum absolute atomic E-state index is 0.0391. The molecule has 0 saturated heterocycles. The lowest BCUT2D eigenvalue weighted by Crippen LogP contribution is -2.26. The smallest absolute Gasteiger partial charge is 0.278 e. The molecule has 1 heterocycles. The first-order valence-corrected chi connectivity index (χ1v) is 10.4. The Hall–Kier alpha value is -2.87. The highest BCUT2D eigenvalue weighted by Gasteiger charge is 2.21. The zero-order valence-electron chi connectivity index (χ0n) is 15.8. The highest BCUT2D eigenvalue weighted by Crippen LogP contribution is 2.33. The van der Waals surface area contributed by atoms with Gasteiger partial charge in [-0.1, -0.05) is 17.5 Å². The van der Waals surface area contributed by atoms with E-state index < -0.39 is 21.7 Å². The third-order valence-electron chi connectivity index (χ3n) is 3.77. The van der Waals surface area contributed by atoms with Gasteiger partial charge in [-0.3, -0.25) is 13.9 Å². The monoisotopic (exact) mass is 440 g/mol. The van der Waals surface area contributed by atoms with Crippen molar-refractivity contribution in [1.82, 2.24) is 10.5 Å². The summed E-state index contributed by atoms with van der Waals surface area (Å²) in [6.45, 7) is 1.92. The van der Waals surface area contributed by atoms with Gasteiger partial charge in [-0.15, -0.1) is 6.42 Å². The molecule has 0 saturated carbocycles. The van der Waals surface area contributed by atoms with E-state index in [1.807, 2.05) is 0 Å². The van der Waals surface area contributed by atoms with Crippen molar-refractivity contribution in [2.75, 3.05) is 29.5 Å². The largest absolute Gasteiger partial charge is 0.353 e. The highest BCUT2D eigenvalue weighted by molar-refractivity contribution is 7.92. The molecule has 0 aliphatic heterocycles. The Labute approximate surface area is 173 Å². The van der Waals surface area contributed by atoms with E-state index in [1.54, 1.807) is 6.92 Å². The summed E-state index contributed by atoms with van der Waals surface area (Å²) in [6, 6.07) is 3.58. The van der Waals surface area contributed by atoms with Crippen LogP contribution in [0.2, 0.25) is 5.15 Å². The van der Waals surface area contributed by atoms with Crippen molar-refractivity contribution < 1.29 is 22.4 Å². The number of nitrogens with one attached hydrogen (secondary N) is 2. The van der Waals surface area contributed by atoms with Gasteiger partial charge in [0.2, 0.25) is 10.0 Å². The van der Waals surface area contributed by atoms with Gasteiger partial charge in [0.05, 0.1) is 41.1 Å². The fraction of sp³-hybridized carbons (Fsp3) is 0.222. The van der Waals surface area contributed by atoms with Crippen LogP contribution in [-0.2, 0) is 14.9 Å². The molecule has 0 bridgehead atoms. The van der Waals surface area contributed by atoms with Gasteiger partial charge in [0.15, 0.2) is 0 Å². The van der Waals surface area contributed by atoms with Crippen molar-refractivity contribution in [3.8, 4) is 12.3 Å². The van der Waals surface area contributed by atoms with E-state index in [0.717, 1.165) is 16.6 Å². The molecule has 0 fully saturated rings. The number of hydrogen-bond acceptors (Lipinski definition) is 6. The number of hydroxylamine groups is 1. The van der Waals surface area contributed by atoms with Crippen molar-refractivity contribution in [2.24, 2.45) is 0 Å². The van der Waals surface area contributed by atoms with Crippen LogP contribution in [0, 0.1) is 18.2 Å². The fourth-order valence-corrected chi connectivity index (χ4v) is 2.93. The number of nitrogens with zero attached hydrogens (tertiary/aromatic N) is 2. The number of carbonyl (C=O) groups excluding carboxylic acids is 1. The maximum Gasteiger partial charge on any atom is 0.278 e. The molecular formula is C18H18ClFN4O4S. The zero-order chi connectivity index (χ0) is 21.8. The van der Waals surface area contributed by atoms with Crippen molar-refractivity contribution >= 4 is 44.6 Å². The maximum atomic E-state index is 14.3. The van der Waals surface area contributed by atoms with Gasteiger partial charge in [-0.2, -0.15) is 0 Å². The summed E-state index contributed by atoms with van der Waals surface area (Å²) in [5.41, 5.74) is 2.40. The highest BCUT2D eigenvalue weighted by atomic mass is 35.5. The average molecular weight is 441 g/mol. The first-order chi connectivity index (χ1) is 13.6. The van der Waals surface area contributed by atoms with Gasteiger partial charge in [0, 0.05) is 19.3 Å². The lowest BCUT2D eigenvalue weighted by Gasteiger charge is -2.22. The van der Waals surface area contributed by atoms with Gasteiger partial charge in [0.1, 0.15) is 11.0 Å². The van der Waals surface area contributed by atoms with Gasteiger partial charge < -0.3 is 5.32 Å². The number of anilines is 3. The fourth-order valence-electron chi connectivity index (χ4n) is 2.26. The summed E-state index contributed by atoms with van der Waals surface area (Å²) in [6.07, 6.45) is 7.48. The molecule has 0 aliphatic rings. The Bertz CT molecular complexity index is 1090. The Morgan fingerprint density at radius 2 is 2.07 bits per heavy atom. The minimum Gasteiger partial charge on any atom is -0.353 e. The zero-order valence-corrected chi connectivity index (χ0v) is 17.4. The molecule has 1 amide bonds. The molecule has 0 unspecified atom stereocenters. The van der Waals surface area contributed by atoms with Crippen LogP contribution < -0.4 is 15.1 Å². The van der Waals surface area contributed by atoms with Crippen LogP contribution in [0.5, 0.6) is 0 Å². The quantitative estimate of drug-likeness (QED) is 0.390. The van der Waals surface area contributed by atoms with E-state index in [0.29, 0.717) is 0 Å². The van der Waals surface area contributed by atoms with Crippen LogP contribution >= 0.6 is 11.6 Å². The van der Waals surface area contributed by atoms with E-state index in [9.17, 15) is 17.6 Å². The molecule has 154 valence electrons. The molecule has 1 aromatic carbocycles. The SMILES string of the molecule is C#Cc1cc(N(C)S(C)(=O)=O)c(Nc2cc(Cl)ncc2C(=O)NOCC)cc1F. The van der Waals surface area contributed by atoms with Crippen LogP contribution in [0.4, 0.5) is 21.5 Å². The second-order valence-electron chi connectivity index (χ2n) is 5.77. The number of amides is 1. The molecule has 0 atom stereocenters. The summed E-state index contributed by atoms with van der Waals surface area (Å²) in [5, 5.41) is 2.88. The number of aromatic nitrogens is 1. The Kier molecular flexibility index (Phi) is 7.02. The molecule has 0 radical (unpaired) electrons. The molecular weight excluding hydrogens is 423 g/mol. The summed E-state index contributed by atoms with van der Waals surface area (Å²) in [7, 11) is -2.40. The van der Waals surface area contributed by atoms with Crippen LogP contribution in [0.1, 0.15) is 22.8 Å². The predicted octanol–water partition coefficient (Wildman–Crippen LogP) is 2.68. The lowest BCUT2D eigenvalue weighted by molar-refractivity contribution is 0.0365. The van der Waals surface area contributed by atoms with E-state index >= 15 is 0 Å². The number of terminal acetylenes is 1. The van der Waals surface area contributed by atoms with Crippen LogP contribution in [-0.4, -0.2) is 39.2 Å². The van der Waals surface area contributed by atoms with Crippen LogP contribution in [0.15, 0.2) is 24.4 Å². The first kappa shape index (κ1) is 22.4. The molecule has 2 aromatic rings. The molecule has 0 aliphatic carbocycles. The number of sulfonamides is 1. The predicted molar refractivity (Wildman–Crippen MR) is 109 cm³/mol. The summed E-state index contributed by atoms with van der Waals surface area (Å²) < 4.78 is 39.3. The van der Waals surface area contributed by atoms with Gasteiger partial charge >= 0.3 is 0 Å². The number of hydrogen-bond donors (Lipinski definition) is 2. The summed E-state index contributed by atoms with van der Waals surface area (Å²) in [5.74, 6) is 0.782. The molecule has 8 nitrogen and oxygen atoms in total. The molecule has 29 heavy (non-hydrogen) atoms. The normalized spacial score (nSPS) is 10.9. The first-order valence-electron chi connectivity index (χ1n) is 8.17. The number of halogens is 2. The van der Waals surface area contributed by atoms with Gasteiger partial charge in [-0.25, -0.2) is 23.3 Å². The molecule has 11 heteroatoms. The Balaban J connectivity index is 2.60. The van der Waals surface area contributed by atoms with Crippen molar-refractivity contribution in [3.05, 3.63) is 46.5 Å². The minimum atomic E-state index is -3.69. The topological polar surface area (TPSA) is 101 Å². The standard InChI is InChI=1S/C18H18ClFN4O4S/c1-5-11-7-16(24(3)29(4,26)27)15(8-13(11)20)22-14-9-17(19)21-10-12(14)18(25)23-28-6-2/h1,7-10H,6H2,2-4H3,(H,21,22)(H,23,25). The van der Waals surface area contributed by atoms with E-state index in [2.05, 4.69) is 21.7 Å². The van der Waals surface area contributed by atoms with E-state index in [-0.39, 0.29) is 39.9 Å². The molecule has 2 N–H and O–H groups in total. The second kappa shape index (κ2) is 9.09. The van der Waals surface area contributed by atoms with Crippen LogP contribution in [0.25, 0.3) is 0 Å². The summed E-state index contributed by atoms with van der Waals surface area (Å²) >= 11 is 5.92. The van der Waals surface area contributed by atoms with Crippen molar-refractivity contribution in [2.45, 2.75) is 6.92 Å². The number of pyridine rings is 1.